The lowest BCUT2D eigenvalue weighted by Crippen LogP contribution is -2.60. The Hall–Kier alpha value is -1.38. The second-order valence-corrected chi connectivity index (χ2v) is 8.55. The molecule has 1 aromatic carbocycles. The lowest BCUT2D eigenvalue weighted by Gasteiger charge is -2.38. The molecule has 0 amide bonds. The molecular weight excluding hydrogens is 457 g/mol. The van der Waals surface area contributed by atoms with Crippen LogP contribution in [0.15, 0.2) is 22.7 Å². The number of H-pyrrole nitrogens is 1. The van der Waals surface area contributed by atoms with Crippen molar-refractivity contribution in [1.29, 1.82) is 0 Å². The molecule has 1 aromatic heterocycles. The monoisotopic (exact) mass is 474 g/mol. The molecule has 0 aliphatic carbocycles. The number of nitrogens with zero attached hydrogens (tertiary/aromatic N) is 1. The summed E-state index contributed by atoms with van der Waals surface area (Å²) in [5, 5.41) is 9.90. The van der Waals surface area contributed by atoms with Crippen LogP contribution in [0, 0.1) is 12.8 Å². The predicted molar refractivity (Wildman–Crippen MR) is 109 cm³/mol. The van der Waals surface area contributed by atoms with Gasteiger partial charge in [-0.3, -0.25) is 4.79 Å². The number of hydrogen-bond donors (Lipinski definition) is 3. The summed E-state index contributed by atoms with van der Waals surface area (Å²) < 4.78 is 0.740. The number of nitrogens with one attached hydrogen (secondary N) is 1. The van der Waals surface area contributed by atoms with Crippen LogP contribution in [-0.2, 0) is 0 Å². The van der Waals surface area contributed by atoms with E-state index in [0.29, 0.717) is 52.5 Å². The maximum absolute atomic E-state index is 12.8. The molecule has 27 heavy (non-hydrogen) atoms. The second-order valence-electron chi connectivity index (χ2n) is 6.88. The first-order valence-corrected chi connectivity index (χ1v) is 9.95. The van der Waals surface area contributed by atoms with Gasteiger partial charge in [-0.2, -0.15) is 5.84 Å². The molecule has 0 spiro atoms. The fraction of sp³-hybridized carbons (Fsp3) is 0.333. The van der Waals surface area contributed by atoms with Crippen molar-refractivity contribution in [3.05, 3.63) is 49.7 Å². The topological polar surface area (TPSA) is 96.2 Å². The van der Waals surface area contributed by atoms with Crippen LogP contribution in [0.3, 0.4) is 0 Å². The lowest BCUT2D eigenvalue weighted by atomic mass is 9.90. The maximum Gasteiger partial charge on any atom is 0.335 e. The quantitative estimate of drug-likeness (QED) is 0.343. The summed E-state index contributed by atoms with van der Waals surface area (Å²) in [7, 11) is 0. The Kier molecular flexibility index (Phi) is 5.70. The Morgan fingerprint density at radius 3 is 2.37 bits per heavy atom. The third kappa shape index (κ3) is 3.93. The first-order chi connectivity index (χ1) is 12.6. The van der Waals surface area contributed by atoms with Crippen molar-refractivity contribution in [2.24, 2.45) is 11.8 Å². The summed E-state index contributed by atoms with van der Waals surface area (Å²) in [4.78, 5) is 27.1. The molecule has 2 aromatic rings. The van der Waals surface area contributed by atoms with Gasteiger partial charge in [-0.05, 0) is 13.0 Å². The maximum atomic E-state index is 12.8. The van der Waals surface area contributed by atoms with E-state index in [1.54, 1.807) is 13.0 Å². The smallest absolute Gasteiger partial charge is 0.335 e. The lowest BCUT2D eigenvalue weighted by molar-refractivity contribution is 0.0696. The summed E-state index contributed by atoms with van der Waals surface area (Å²) in [6.45, 7) is 2.79. The summed E-state index contributed by atoms with van der Waals surface area (Å²) >= 11 is 15.6. The number of ketones is 1. The van der Waals surface area contributed by atoms with Crippen LogP contribution in [0.25, 0.3) is 0 Å². The second kappa shape index (κ2) is 7.56. The Morgan fingerprint density at radius 1 is 1.22 bits per heavy atom. The molecule has 3 rings (SSSR count). The van der Waals surface area contributed by atoms with Gasteiger partial charge in [-0.15, -0.1) is 0 Å². The van der Waals surface area contributed by atoms with E-state index in [2.05, 4.69) is 20.9 Å². The summed E-state index contributed by atoms with van der Waals surface area (Å²) in [6.07, 6.45) is 1.13. The summed E-state index contributed by atoms with van der Waals surface area (Å²) in [5.41, 5.74) is 1.88. The zero-order chi connectivity index (χ0) is 19.9. The number of nitrogens with two attached hydrogens (primary N) is 1. The van der Waals surface area contributed by atoms with Crippen molar-refractivity contribution in [1.82, 2.24) is 9.58 Å². The van der Waals surface area contributed by atoms with Crippen LogP contribution in [0.1, 0.15) is 39.4 Å². The van der Waals surface area contributed by atoms with Crippen LogP contribution in [0.4, 0.5) is 5.69 Å². The summed E-state index contributed by atoms with van der Waals surface area (Å²) in [5.74, 6) is 5.25. The van der Waals surface area contributed by atoms with Gasteiger partial charge in [-0.1, -0.05) is 39.1 Å². The minimum absolute atomic E-state index is 0.0679. The average Bonchev–Trinajstić information content (AvgIpc) is 2.88. The largest absolute Gasteiger partial charge is 0.478 e. The standard InChI is InChI=1S/C18H18BrCl2N3O3/c1-9-14(20)15(21)16(23-9)17(25)10-2-4-24(22,5-3-10)13-7-11(18(26)27)6-12(19)8-13/h6-8,10H,2-5,22H2,1H3,(H-,23,25,26,27)/p+1. The highest BCUT2D eigenvalue weighted by Crippen LogP contribution is 2.35. The van der Waals surface area contributed by atoms with Gasteiger partial charge in [0.05, 0.1) is 15.6 Å². The molecule has 6 nitrogen and oxygen atoms in total. The number of carbonyl (C=O) groups is 2. The molecule has 2 heterocycles. The Labute approximate surface area is 174 Å². The molecule has 1 aliphatic heterocycles. The number of halogens is 3. The molecule has 1 aliphatic rings. The van der Waals surface area contributed by atoms with Crippen molar-refractivity contribution >= 4 is 56.6 Å². The first kappa shape index (κ1) is 20.4. The number of hydrogen-bond acceptors (Lipinski definition) is 3. The molecule has 0 bridgehead atoms. The number of carboxylic acids is 1. The fourth-order valence-electron chi connectivity index (χ4n) is 3.45. The third-order valence-electron chi connectivity index (χ3n) is 5.07. The minimum Gasteiger partial charge on any atom is -0.478 e. The van der Waals surface area contributed by atoms with Gasteiger partial charge < -0.3 is 10.1 Å². The Morgan fingerprint density at radius 2 is 1.85 bits per heavy atom. The van der Waals surface area contributed by atoms with Crippen LogP contribution in [0.5, 0.6) is 0 Å². The van der Waals surface area contributed by atoms with E-state index in [1.165, 1.54) is 6.07 Å². The highest BCUT2D eigenvalue weighted by atomic mass is 79.9. The van der Waals surface area contributed by atoms with Crippen LogP contribution in [-0.4, -0.2) is 34.9 Å². The van der Waals surface area contributed by atoms with Crippen molar-refractivity contribution < 1.29 is 14.7 Å². The van der Waals surface area contributed by atoms with E-state index in [9.17, 15) is 14.7 Å². The van der Waals surface area contributed by atoms with Gasteiger partial charge in [0.1, 0.15) is 18.8 Å². The molecule has 0 atom stereocenters. The number of aromatic amines is 1. The van der Waals surface area contributed by atoms with E-state index in [4.69, 9.17) is 29.0 Å². The number of aromatic nitrogens is 1. The zero-order valence-electron chi connectivity index (χ0n) is 14.6. The third-order valence-corrected chi connectivity index (χ3v) is 6.47. The van der Waals surface area contributed by atoms with E-state index < -0.39 is 5.97 Å². The van der Waals surface area contributed by atoms with E-state index in [0.717, 1.165) is 0 Å². The van der Waals surface area contributed by atoms with Crippen molar-refractivity contribution in [3.8, 4) is 0 Å². The zero-order valence-corrected chi connectivity index (χ0v) is 17.7. The molecule has 4 N–H and O–H groups in total. The van der Waals surface area contributed by atoms with Gasteiger partial charge in [0.15, 0.2) is 11.5 Å². The van der Waals surface area contributed by atoms with Crippen LogP contribution < -0.4 is 10.4 Å². The number of carboxylic acid groups (broad SMARTS) is 1. The average molecular weight is 476 g/mol. The van der Waals surface area contributed by atoms with Gasteiger partial charge in [0.2, 0.25) is 0 Å². The molecular formula is C18H19BrCl2N3O3+. The van der Waals surface area contributed by atoms with Gasteiger partial charge in [0.25, 0.3) is 0 Å². The number of benzene rings is 1. The van der Waals surface area contributed by atoms with Crippen LogP contribution >= 0.6 is 39.1 Å². The molecule has 0 saturated carbocycles. The molecule has 1 saturated heterocycles. The van der Waals surface area contributed by atoms with E-state index >= 15 is 0 Å². The van der Waals surface area contributed by atoms with Crippen molar-refractivity contribution in [3.63, 3.8) is 0 Å². The van der Waals surface area contributed by atoms with Gasteiger partial charge in [0, 0.05) is 41.1 Å². The highest BCUT2D eigenvalue weighted by molar-refractivity contribution is 9.10. The number of aryl methyl sites for hydroxylation is 1. The normalized spacial score (nSPS) is 22.6. The van der Waals surface area contributed by atoms with Gasteiger partial charge >= 0.3 is 5.97 Å². The number of rotatable bonds is 4. The Balaban J connectivity index is 1.79. The van der Waals surface area contributed by atoms with Crippen molar-refractivity contribution in [2.75, 3.05) is 13.1 Å². The van der Waals surface area contributed by atoms with Crippen LogP contribution in [0.2, 0.25) is 10.0 Å². The number of Topliss-reactive ketones (excluding diaryl/α,β-unsaturated/α-hetero) is 1. The fourth-order valence-corrected chi connectivity index (χ4v) is 4.35. The Bertz CT molecular complexity index is 921. The number of aromatic carboxylic acids is 1. The van der Waals surface area contributed by atoms with Crippen molar-refractivity contribution in [2.45, 2.75) is 19.8 Å². The number of piperidine rings is 1. The SMILES string of the molecule is Cc1[nH]c(C(=O)C2CC[N+](N)(c3cc(Br)cc(C(=O)O)c3)CC2)c(Cl)c1Cl. The minimum atomic E-state index is -1.01. The molecule has 9 heteroatoms. The number of carbonyl (C=O) groups excluding carboxylic acids is 1. The summed E-state index contributed by atoms with van der Waals surface area (Å²) in [6, 6.07) is 4.94. The van der Waals surface area contributed by atoms with E-state index in [1.807, 2.05) is 6.07 Å². The highest BCUT2D eigenvalue weighted by Gasteiger charge is 2.38. The molecule has 0 unspecified atom stereocenters. The molecule has 0 radical (unpaired) electrons. The molecule has 1 fully saturated rings. The number of quaternary nitrogens is 1. The molecule has 144 valence electrons. The predicted octanol–water partition coefficient (Wildman–Crippen LogP) is 4.56. The van der Waals surface area contributed by atoms with E-state index in [-0.39, 0.29) is 26.9 Å². The first-order valence-electron chi connectivity index (χ1n) is 8.40. The van der Waals surface area contributed by atoms with Gasteiger partial charge in [-0.25, -0.2) is 9.39 Å².